The summed E-state index contributed by atoms with van der Waals surface area (Å²) in [5, 5.41) is 14.0. The fourth-order valence-electron chi connectivity index (χ4n) is 1.57. The quantitative estimate of drug-likeness (QED) is 0.671. The van der Waals surface area contributed by atoms with Crippen molar-refractivity contribution in [3.05, 3.63) is 40.8 Å². The number of carbonyl (C=O) groups excluding carboxylic acids is 1. The first kappa shape index (κ1) is 14.4. The maximum Gasteiger partial charge on any atom is 0.235 e. The molecule has 0 saturated heterocycles. The second kappa shape index (κ2) is 6.46. The molecule has 0 fully saturated rings. The number of rotatable bonds is 4. The van der Waals surface area contributed by atoms with Crippen molar-refractivity contribution in [2.45, 2.75) is 11.8 Å². The van der Waals surface area contributed by atoms with E-state index < -0.39 is 0 Å². The van der Waals surface area contributed by atoms with E-state index in [9.17, 15) is 4.79 Å². The number of hydrogen-bond donors (Lipinski definition) is 2. The van der Waals surface area contributed by atoms with E-state index in [0.29, 0.717) is 16.3 Å². The Hall–Kier alpha value is -1.97. The Kier molecular flexibility index (Phi) is 4.66. The number of benzene rings is 1. The highest BCUT2D eigenvalue weighted by atomic mass is 32.2. The average molecular weight is 303 g/mol. The number of hydrogen-bond acceptors (Lipinski definition) is 5. The summed E-state index contributed by atoms with van der Waals surface area (Å²) in [6.07, 6.45) is 0. The molecule has 2 aromatic rings. The van der Waals surface area contributed by atoms with E-state index in [1.807, 2.05) is 31.2 Å². The number of thioether (sulfide) groups is 1. The van der Waals surface area contributed by atoms with Gasteiger partial charge in [0.1, 0.15) is 11.1 Å². The molecule has 0 aliphatic heterocycles. The Morgan fingerprint density at radius 1 is 1.50 bits per heavy atom. The van der Waals surface area contributed by atoms with Gasteiger partial charge in [0.05, 0.1) is 11.3 Å². The molecular weight excluding hydrogens is 290 g/mol. The van der Waals surface area contributed by atoms with Crippen molar-refractivity contribution in [2.75, 3.05) is 16.8 Å². The molecule has 1 aromatic heterocycles. The van der Waals surface area contributed by atoms with Crippen LogP contribution in [0.25, 0.3) is 0 Å². The first-order valence-corrected chi connectivity index (χ1v) is 7.73. The molecular formula is C14H13N3OS2. The van der Waals surface area contributed by atoms with Gasteiger partial charge in [0, 0.05) is 10.6 Å². The van der Waals surface area contributed by atoms with Crippen LogP contribution in [0.2, 0.25) is 0 Å². The molecule has 0 unspecified atom stereocenters. The topological polar surface area (TPSA) is 78.9 Å². The van der Waals surface area contributed by atoms with Crippen LogP contribution in [-0.4, -0.2) is 11.7 Å². The molecule has 1 heterocycles. The van der Waals surface area contributed by atoms with Crippen LogP contribution in [-0.2, 0) is 4.79 Å². The molecule has 0 aliphatic carbocycles. The van der Waals surface area contributed by atoms with Crippen LogP contribution in [0.4, 0.5) is 10.7 Å². The predicted octanol–water partition coefficient (Wildman–Crippen LogP) is 3.24. The lowest BCUT2D eigenvalue weighted by molar-refractivity contribution is -0.113. The van der Waals surface area contributed by atoms with Gasteiger partial charge < -0.3 is 11.1 Å². The molecule has 0 saturated carbocycles. The number of nitrogens with zero attached hydrogens (tertiary/aromatic N) is 1. The van der Waals surface area contributed by atoms with Crippen LogP contribution in [0.5, 0.6) is 0 Å². The Bertz CT molecular complexity index is 673. The van der Waals surface area contributed by atoms with E-state index in [4.69, 9.17) is 11.0 Å². The molecule has 102 valence electrons. The van der Waals surface area contributed by atoms with Gasteiger partial charge in [-0.25, -0.2) is 0 Å². The zero-order valence-electron chi connectivity index (χ0n) is 10.8. The summed E-state index contributed by atoms with van der Waals surface area (Å²) >= 11 is 2.73. The summed E-state index contributed by atoms with van der Waals surface area (Å²) in [7, 11) is 0. The third-order valence-corrected chi connectivity index (χ3v) is 4.47. The zero-order valence-corrected chi connectivity index (χ0v) is 12.5. The highest BCUT2D eigenvalue weighted by Gasteiger charge is 2.09. The molecule has 0 atom stereocenters. The number of anilines is 2. The number of nitrogen functional groups attached to an aromatic ring is 1. The molecule has 20 heavy (non-hydrogen) atoms. The lowest BCUT2D eigenvalue weighted by atomic mass is 10.2. The van der Waals surface area contributed by atoms with Gasteiger partial charge in [0.25, 0.3) is 0 Å². The first-order chi connectivity index (χ1) is 9.60. The third-order valence-electron chi connectivity index (χ3n) is 2.57. The summed E-state index contributed by atoms with van der Waals surface area (Å²) in [5.74, 6) is 0.117. The zero-order chi connectivity index (χ0) is 14.5. The minimum atomic E-state index is -0.144. The van der Waals surface area contributed by atoms with Gasteiger partial charge in [0.2, 0.25) is 5.91 Å². The van der Waals surface area contributed by atoms with Crippen molar-refractivity contribution >= 4 is 39.7 Å². The van der Waals surface area contributed by atoms with Gasteiger partial charge in [0.15, 0.2) is 0 Å². The van der Waals surface area contributed by atoms with E-state index in [1.54, 1.807) is 11.4 Å². The van der Waals surface area contributed by atoms with Crippen LogP contribution in [0, 0.1) is 18.3 Å². The maximum absolute atomic E-state index is 11.9. The smallest absolute Gasteiger partial charge is 0.235 e. The van der Waals surface area contributed by atoms with Gasteiger partial charge >= 0.3 is 0 Å². The van der Waals surface area contributed by atoms with E-state index in [0.717, 1.165) is 10.5 Å². The summed E-state index contributed by atoms with van der Waals surface area (Å²) in [6, 6.07) is 9.45. The van der Waals surface area contributed by atoms with Gasteiger partial charge in [-0.3, -0.25) is 4.79 Å². The second-order valence-electron chi connectivity index (χ2n) is 4.15. The first-order valence-electron chi connectivity index (χ1n) is 5.86. The van der Waals surface area contributed by atoms with Crippen molar-refractivity contribution in [3.8, 4) is 6.07 Å². The molecule has 6 heteroatoms. The summed E-state index contributed by atoms with van der Waals surface area (Å²) < 4.78 is 0. The monoisotopic (exact) mass is 303 g/mol. The van der Waals surface area contributed by atoms with Crippen LogP contribution >= 0.6 is 23.1 Å². The van der Waals surface area contributed by atoms with Gasteiger partial charge in [-0.15, -0.1) is 23.1 Å². The van der Waals surface area contributed by atoms with Crippen LogP contribution in [0.3, 0.4) is 0 Å². The van der Waals surface area contributed by atoms with Crippen LogP contribution < -0.4 is 11.1 Å². The largest absolute Gasteiger partial charge is 0.398 e. The number of thiophene rings is 1. The number of nitrogens with one attached hydrogen (secondary N) is 1. The van der Waals surface area contributed by atoms with Crippen molar-refractivity contribution in [3.63, 3.8) is 0 Å². The maximum atomic E-state index is 11.9. The number of nitriles is 1. The molecule has 0 aliphatic rings. The molecule has 3 N–H and O–H groups in total. The number of nitrogens with two attached hydrogens (primary N) is 1. The fourth-order valence-corrected chi connectivity index (χ4v) is 3.18. The molecule has 1 aromatic carbocycles. The molecule has 1 amide bonds. The molecule has 0 spiro atoms. The lowest BCUT2D eigenvalue weighted by Gasteiger charge is -2.07. The highest BCUT2D eigenvalue weighted by Crippen LogP contribution is 2.27. The highest BCUT2D eigenvalue weighted by molar-refractivity contribution is 8.00. The van der Waals surface area contributed by atoms with Gasteiger partial charge in [-0.2, -0.15) is 5.26 Å². The summed E-state index contributed by atoms with van der Waals surface area (Å²) in [5.41, 5.74) is 8.13. The molecule has 4 nitrogen and oxygen atoms in total. The normalized spacial score (nSPS) is 10.0. The molecule has 2 rings (SSSR count). The number of aryl methyl sites for hydroxylation is 1. The summed E-state index contributed by atoms with van der Waals surface area (Å²) in [4.78, 5) is 12.8. The minimum absolute atomic E-state index is 0.144. The van der Waals surface area contributed by atoms with Gasteiger partial charge in [-0.1, -0.05) is 6.07 Å². The van der Waals surface area contributed by atoms with Crippen molar-refractivity contribution in [2.24, 2.45) is 0 Å². The van der Waals surface area contributed by atoms with E-state index >= 15 is 0 Å². The predicted molar refractivity (Wildman–Crippen MR) is 84.0 cm³/mol. The van der Waals surface area contributed by atoms with E-state index in [-0.39, 0.29) is 11.7 Å². The Labute approximate surface area is 125 Å². The van der Waals surface area contributed by atoms with Crippen LogP contribution in [0.1, 0.15) is 11.1 Å². The Morgan fingerprint density at radius 2 is 2.30 bits per heavy atom. The Morgan fingerprint density at radius 3 is 3.05 bits per heavy atom. The van der Waals surface area contributed by atoms with E-state index in [2.05, 4.69) is 5.32 Å². The lowest BCUT2D eigenvalue weighted by Crippen LogP contribution is -2.13. The van der Waals surface area contributed by atoms with Crippen molar-refractivity contribution < 1.29 is 4.79 Å². The van der Waals surface area contributed by atoms with Crippen molar-refractivity contribution in [1.29, 1.82) is 5.26 Å². The van der Waals surface area contributed by atoms with Crippen molar-refractivity contribution in [1.82, 2.24) is 0 Å². The minimum Gasteiger partial charge on any atom is -0.398 e. The van der Waals surface area contributed by atoms with E-state index in [1.165, 1.54) is 23.1 Å². The van der Waals surface area contributed by atoms with Crippen LogP contribution in [0.15, 0.2) is 34.5 Å². The fraction of sp³-hybridized carbons (Fsp3) is 0.143. The molecule has 0 radical (unpaired) electrons. The third kappa shape index (κ3) is 3.53. The SMILES string of the molecule is Cc1ccc(N)c(SCC(=O)Nc2sccc2C#N)c1. The average Bonchev–Trinajstić information content (AvgIpc) is 2.87. The summed E-state index contributed by atoms with van der Waals surface area (Å²) in [6.45, 7) is 1.98. The van der Waals surface area contributed by atoms with Gasteiger partial charge in [-0.05, 0) is 36.1 Å². The standard InChI is InChI=1S/C14H13N3OS2/c1-9-2-3-11(16)12(6-9)20-8-13(18)17-14-10(7-15)4-5-19-14/h2-6H,8,16H2,1H3,(H,17,18). The molecule has 0 bridgehead atoms. The second-order valence-corrected chi connectivity index (χ2v) is 6.09. The number of carbonyl (C=O) groups is 1. The Balaban J connectivity index is 1.96. The number of amides is 1.